The Morgan fingerprint density at radius 3 is 1.79 bits per heavy atom. The number of aliphatic hydroxyl groups excluding tert-OH is 2. The zero-order valence-electron chi connectivity index (χ0n) is 35.4. The Morgan fingerprint density at radius 1 is 0.684 bits per heavy atom. The third-order valence-corrected chi connectivity index (χ3v) is 10.6. The highest BCUT2D eigenvalue weighted by molar-refractivity contribution is 7.47. The molecule has 1 aliphatic heterocycles. The highest BCUT2D eigenvalue weighted by Crippen LogP contribution is 2.43. The lowest BCUT2D eigenvalue weighted by Gasteiger charge is -2.20. The minimum atomic E-state index is -4.64. The molecule has 1 rings (SSSR count). The summed E-state index contributed by atoms with van der Waals surface area (Å²) in [5.74, 6) is -0.200. The van der Waals surface area contributed by atoms with E-state index in [1.54, 1.807) is 0 Å². The van der Waals surface area contributed by atoms with Gasteiger partial charge in [-0.1, -0.05) is 152 Å². The molecule has 0 aliphatic carbocycles. The van der Waals surface area contributed by atoms with E-state index in [2.05, 4.69) is 73.9 Å². The maximum absolute atomic E-state index is 12.6. The molecule has 0 aromatic rings. The number of allylic oxidation sites excluding steroid dienone is 8. The number of rotatable bonds is 38. The number of esters is 2. The van der Waals surface area contributed by atoms with Gasteiger partial charge in [0.25, 0.3) is 0 Å². The molecule has 0 bridgehead atoms. The number of carbonyl (C=O) groups is 2. The fourth-order valence-electron chi connectivity index (χ4n) is 5.80. The van der Waals surface area contributed by atoms with Gasteiger partial charge in [0.2, 0.25) is 0 Å². The predicted molar refractivity (Wildman–Crippen MR) is 227 cm³/mol. The van der Waals surface area contributed by atoms with Gasteiger partial charge in [0, 0.05) is 12.8 Å². The largest absolute Gasteiger partial charge is 0.472 e. The fraction of sp³-hybridized carbons (Fsp3) is 0.733. The van der Waals surface area contributed by atoms with Crippen molar-refractivity contribution in [3.63, 3.8) is 0 Å². The molecule has 6 atom stereocenters. The van der Waals surface area contributed by atoms with Crippen LogP contribution in [0.2, 0.25) is 0 Å². The number of ether oxygens (including phenoxy) is 3. The topological polar surface area (TPSA) is 161 Å². The zero-order chi connectivity index (χ0) is 41.8. The van der Waals surface area contributed by atoms with Crippen LogP contribution in [0.25, 0.3) is 0 Å². The first-order chi connectivity index (χ1) is 27.6. The van der Waals surface area contributed by atoms with Gasteiger partial charge in [-0.15, -0.1) is 0 Å². The second-order valence-corrected chi connectivity index (χ2v) is 16.4. The average Bonchev–Trinajstić information content (AvgIpc) is 3.95. The Kier molecular flexibility index (Phi) is 32.8. The van der Waals surface area contributed by atoms with Gasteiger partial charge in [-0.3, -0.25) is 18.6 Å². The summed E-state index contributed by atoms with van der Waals surface area (Å²) in [6.45, 7) is 4.50. The number of epoxide rings is 1. The van der Waals surface area contributed by atoms with Crippen molar-refractivity contribution in [2.75, 3.05) is 26.4 Å². The molecule has 57 heavy (non-hydrogen) atoms. The lowest BCUT2D eigenvalue weighted by molar-refractivity contribution is -0.161. The second-order valence-electron chi connectivity index (χ2n) is 15.0. The summed E-state index contributed by atoms with van der Waals surface area (Å²) in [6.07, 6.45) is 39.6. The zero-order valence-corrected chi connectivity index (χ0v) is 36.3. The highest BCUT2D eigenvalue weighted by Gasteiger charge is 2.36. The molecule has 4 unspecified atom stereocenters. The van der Waals surface area contributed by atoms with Gasteiger partial charge in [0.05, 0.1) is 32.0 Å². The van der Waals surface area contributed by atoms with Crippen LogP contribution in [0.4, 0.5) is 0 Å². The lowest BCUT2D eigenvalue weighted by atomic mass is 9.99. The fourth-order valence-corrected chi connectivity index (χ4v) is 6.59. The van der Waals surface area contributed by atoms with E-state index in [1.807, 2.05) is 12.2 Å². The van der Waals surface area contributed by atoms with Crippen LogP contribution in [0.1, 0.15) is 156 Å². The summed E-state index contributed by atoms with van der Waals surface area (Å²) in [5, 5.41) is 18.3. The first kappa shape index (κ1) is 52.6. The molecular formula is C45H77O11P. The molecule has 1 fully saturated rings. The van der Waals surface area contributed by atoms with Crippen LogP contribution >= 0.6 is 7.82 Å². The summed E-state index contributed by atoms with van der Waals surface area (Å²) >= 11 is 0. The third-order valence-electron chi connectivity index (χ3n) is 9.64. The molecule has 12 heteroatoms. The molecule has 1 saturated heterocycles. The standard InChI is InChI=1S/C45H77O11P/c1-4-6-25-31-42-43(56-42)32-27-22-18-14-9-7-8-10-15-19-23-28-33-44(48)52-37-41(38-54-57(50,51)53-36-40(47)35-46)55-45(49)34-29-24-20-16-12-11-13-17-21-26-30-39(3)5-2/h6,8-10,14,19,22-23,25,27,39-43,46-47H,4-5,7,11-13,15-18,20-21,24,26,28-38H2,1-3H3,(H,50,51)/b10-8-,14-9-,23-19-,25-6-,27-22-/t39?,40-,41+,42?,43?/m0/s1. The summed E-state index contributed by atoms with van der Waals surface area (Å²) in [6, 6.07) is 0. The summed E-state index contributed by atoms with van der Waals surface area (Å²) < 4.78 is 38.3. The van der Waals surface area contributed by atoms with Crippen LogP contribution in [-0.2, 0) is 37.4 Å². The Morgan fingerprint density at radius 2 is 1.21 bits per heavy atom. The van der Waals surface area contributed by atoms with Gasteiger partial charge in [-0.25, -0.2) is 4.57 Å². The van der Waals surface area contributed by atoms with Gasteiger partial charge < -0.3 is 29.3 Å². The smallest absolute Gasteiger partial charge is 0.462 e. The van der Waals surface area contributed by atoms with Gasteiger partial charge in [-0.2, -0.15) is 0 Å². The molecule has 0 spiro atoms. The van der Waals surface area contributed by atoms with Crippen LogP contribution < -0.4 is 0 Å². The van der Waals surface area contributed by atoms with Crippen molar-refractivity contribution in [1.82, 2.24) is 0 Å². The number of hydrogen-bond acceptors (Lipinski definition) is 10. The number of phosphoric ester groups is 1. The molecule has 0 radical (unpaired) electrons. The van der Waals surface area contributed by atoms with E-state index < -0.39 is 51.8 Å². The summed E-state index contributed by atoms with van der Waals surface area (Å²) in [7, 11) is -4.64. The van der Waals surface area contributed by atoms with E-state index in [-0.39, 0.29) is 19.4 Å². The third kappa shape index (κ3) is 33.2. The molecule has 0 saturated carbocycles. The summed E-state index contributed by atoms with van der Waals surface area (Å²) in [4.78, 5) is 35.0. The highest BCUT2D eigenvalue weighted by atomic mass is 31.2. The molecule has 3 N–H and O–H groups in total. The van der Waals surface area contributed by atoms with Crippen LogP contribution in [0.3, 0.4) is 0 Å². The second kappa shape index (κ2) is 35.6. The van der Waals surface area contributed by atoms with Crippen molar-refractivity contribution in [3.8, 4) is 0 Å². The van der Waals surface area contributed by atoms with Gasteiger partial charge in [0.1, 0.15) is 12.7 Å². The van der Waals surface area contributed by atoms with E-state index in [1.165, 1.54) is 51.4 Å². The molecule has 0 amide bonds. The maximum atomic E-state index is 12.6. The molecule has 0 aromatic heterocycles. The van der Waals surface area contributed by atoms with Crippen molar-refractivity contribution in [2.24, 2.45) is 5.92 Å². The van der Waals surface area contributed by atoms with Crippen LogP contribution in [0, 0.1) is 5.92 Å². The van der Waals surface area contributed by atoms with E-state index in [9.17, 15) is 24.2 Å². The summed E-state index contributed by atoms with van der Waals surface area (Å²) in [5.41, 5.74) is 0. The molecule has 0 aromatic carbocycles. The van der Waals surface area contributed by atoms with Crippen LogP contribution in [-0.4, -0.2) is 77.9 Å². The Balaban J connectivity index is 2.30. The Hall–Kier alpha value is -2.37. The van der Waals surface area contributed by atoms with Crippen molar-refractivity contribution >= 4 is 19.8 Å². The SMILES string of the molecule is CC/C=C\CC1OC1C/C=C\C/C=C\C/C=C\C/C=C\CCC(=O)OC[C@H](COP(=O)(O)OC[C@@H](O)CO)OC(=O)CCCCCCCCCCCCC(C)CC. The van der Waals surface area contributed by atoms with Gasteiger partial charge in [0.15, 0.2) is 6.10 Å². The first-order valence-corrected chi connectivity index (χ1v) is 23.3. The van der Waals surface area contributed by atoms with Crippen molar-refractivity contribution in [3.05, 3.63) is 60.8 Å². The molecule has 328 valence electrons. The first-order valence-electron chi connectivity index (χ1n) is 21.8. The van der Waals surface area contributed by atoms with Crippen molar-refractivity contribution in [2.45, 2.75) is 180 Å². The predicted octanol–water partition coefficient (Wildman–Crippen LogP) is 10.3. The molecule has 11 nitrogen and oxygen atoms in total. The number of aliphatic hydroxyl groups is 2. The minimum absolute atomic E-state index is 0.111. The van der Waals surface area contributed by atoms with Gasteiger partial charge in [-0.05, 0) is 57.3 Å². The Bertz CT molecular complexity index is 1210. The van der Waals surface area contributed by atoms with E-state index in [4.69, 9.17) is 23.8 Å². The van der Waals surface area contributed by atoms with E-state index in [0.29, 0.717) is 25.0 Å². The normalized spacial score (nSPS) is 18.6. The number of hydrogen-bond donors (Lipinski definition) is 3. The maximum Gasteiger partial charge on any atom is 0.472 e. The quantitative estimate of drug-likeness (QED) is 0.0179. The monoisotopic (exact) mass is 825 g/mol. The molecular weight excluding hydrogens is 747 g/mol. The van der Waals surface area contributed by atoms with Gasteiger partial charge >= 0.3 is 19.8 Å². The van der Waals surface area contributed by atoms with Crippen molar-refractivity contribution in [1.29, 1.82) is 0 Å². The van der Waals surface area contributed by atoms with E-state index in [0.717, 1.165) is 63.7 Å². The lowest BCUT2D eigenvalue weighted by Crippen LogP contribution is -2.29. The number of phosphoric acid groups is 1. The van der Waals surface area contributed by atoms with E-state index >= 15 is 0 Å². The average molecular weight is 825 g/mol. The van der Waals surface area contributed by atoms with Crippen LogP contribution in [0.15, 0.2) is 60.8 Å². The molecule has 1 aliphatic rings. The molecule has 1 heterocycles. The minimum Gasteiger partial charge on any atom is -0.462 e. The number of carbonyl (C=O) groups excluding carboxylic acids is 2. The van der Waals surface area contributed by atoms with Crippen molar-refractivity contribution < 1.29 is 52.5 Å². The number of unbranched alkanes of at least 4 members (excludes halogenated alkanes) is 9. The van der Waals surface area contributed by atoms with Crippen LogP contribution in [0.5, 0.6) is 0 Å². The Labute approximate surface area is 344 Å².